The number of hydrogen-bond donors (Lipinski definition) is 1. The molecule has 0 amide bonds. The summed E-state index contributed by atoms with van der Waals surface area (Å²) < 4.78 is 1.08. The maximum Gasteiger partial charge on any atom is 0.196 e. The number of anilines is 1. The molecule has 1 saturated carbocycles. The zero-order chi connectivity index (χ0) is 14.3. The average Bonchev–Trinajstić information content (AvgIpc) is 2.73. The van der Waals surface area contributed by atoms with Crippen molar-refractivity contribution in [2.45, 2.75) is 38.6 Å². The van der Waals surface area contributed by atoms with E-state index in [2.05, 4.69) is 57.9 Å². The van der Waals surface area contributed by atoms with Gasteiger partial charge in [0.2, 0.25) is 0 Å². The van der Waals surface area contributed by atoms with Crippen LogP contribution in [0.15, 0.2) is 33.7 Å². The SMILES string of the molecule is CC1CCC2(CN=C(N)N2c2cccc(Br)c2)C(C)C1. The van der Waals surface area contributed by atoms with Crippen LogP contribution in [0, 0.1) is 11.8 Å². The molecule has 1 heterocycles. The summed E-state index contributed by atoms with van der Waals surface area (Å²) in [6, 6.07) is 8.38. The number of benzene rings is 1. The second kappa shape index (κ2) is 5.06. The first-order chi connectivity index (χ1) is 9.53. The van der Waals surface area contributed by atoms with E-state index in [4.69, 9.17) is 5.73 Å². The second-order valence-corrected chi connectivity index (χ2v) is 7.29. The van der Waals surface area contributed by atoms with Crippen molar-refractivity contribution >= 4 is 27.6 Å². The van der Waals surface area contributed by atoms with E-state index in [0.29, 0.717) is 11.9 Å². The van der Waals surface area contributed by atoms with Gasteiger partial charge in [0.1, 0.15) is 0 Å². The molecular weight excluding hydrogens is 314 g/mol. The fraction of sp³-hybridized carbons (Fsp3) is 0.562. The number of aliphatic imine (C=N–C) groups is 1. The summed E-state index contributed by atoms with van der Waals surface area (Å²) in [5.74, 6) is 2.08. The van der Waals surface area contributed by atoms with Crippen LogP contribution in [0.2, 0.25) is 0 Å². The number of hydrogen-bond acceptors (Lipinski definition) is 3. The number of halogens is 1. The lowest BCUT2D eigenvalue weighted by Crippen LogP contribution is -2.58. The molecule has 0 saturated heterocycles. The lowest BCUT2D eigenvalue weighted by Gasteiger charge is -2.48. The normalized spacial score (nSPS) is 33.5. The zero-order valence-electron chi connectivity index (χ0n) is 12.1. The molecular formula is C16H22BrN3. The Morgan fingerprint density at radius 3 is 2.90 bits per heavy atom. The Bertz CT molecular complexity index is 542. The van der Waals surface area contributed by atoms with E-state index < -0.39 is 0 Å². The molecule has 0 aromatic heterocycles. The Labute approximate surface area is 129 Å². The van der Waals surface area contributed by atoms with Crippen molar-refractivity contribution in [1.29, 1.82) is 0 Å². The molecule has 1 spiro atoms. The molecule has 0 bridgehead atoms. The smallest absolute Gasteiger partial charge is 0.196 e. The predicted octanol–water partition coefficient (Wildman–Crippen LogP) is 3.78. The average molecular weight is 336 g/mol. The van der Waals surface area contributed by atoms with Gasteiger partial charge >= 0.3 is 0 Å². The van der Waals surface area contributed by atoms with Crippen LogP contribution in [0.3, 0.4) is 0 Å². The summed E-state index contributed by atoms with van der Waals surface area (Å²) in [6.07, 6.45) is 3.69. The van der Waals surface area contributed by atoms with Crippen molar-refractivity contribution < 1.29 is 0 Å². The second-order valence-electron chi connectivity index (χ2n) is 6.37. The molecule has 3 rings (SSSR count). The van der Waals surface area contributed by atoms with Crippen molar-refractivity contribution in [3.8, 4) is 0 Å². The lowest BCUT2D eigenvalue weighted by molar-refractivity contribution is 0.180. The van der Waals surface area contributed by atoms with Crippen LogP contribution >= 0.6 is 15.9 Å². The first-order valence-electron chi connectivity index (χ1n) is 7.38. The highest BCUT2D eigenvalue weighted by Gasteiger charge is 2.49. The molecule has 2 aliphatic rings. The Kier molecular flexibility index (Phi) is 3.53. The first-order valence-corrected chi connectivity index (χ1v) is 8.18. The third kappa shape index (κ3) is 2.14. The summed E-state index contributed by atoms with van der Waals surface area (Å²) >= 11 is 3.56. The van der Waals surface area contributed by atoms with E-state index in [-0.39, 0.29) is 5.54 Å². The van der Waals surface area contributed by atoms with Gasteiger partial charge in [-0.2, -0.15) is 0 Å². The van der Waals surface area contributed by atoms with Gasteiger partial charge in [0.15, 0.2) is 5.96 Å². The molecule has 2 N–H and O–H groups in total. The fourth-order valence-corrected chi connectivity index (χ4v) is 4.23. The van der Waals surface area contributed by atoms with Crippen molar-refractivity contribution in [3.05, 3.63) is 28.7 Å². The van der Waals surface area contributed by atoms with Crippen molar-refractivity contribution in [1.82, 2.24) is 0 Å². The molecule has 20 heavy (non-hydrogen) atoms. The third-order valence-electron chi connectivity index (χ3n) is 5.00. The van der Waals surface area contributed by atoms with Crippen LogP contribution in [0.1, 0.15) is 33.1 Å². The number of rotatable bonds is 1. The Hall–Kier alpha value is -1.03. The molecule has 108 valence electrons. The summed E-state index contributed by atoms with van der Waals surface area (Å²) in [5.41, 5.74) is 7.46. The summed E-state index contributed by atoms with van der Waals surface area (Å²) in [6.45, 7) is 5.54. The number of guanidine groups is 1. The van der Waals surface area contributed by atoms with Gasteiger partial charge in [0.05, 0.1) is 12.1 Å². The third-order valence-corrected chi connectivity index (χ3v) is 5.49. The monoisotopic (exact) mass is 335 g/mol. The van der Waals surface area contributed by atoms with E-state index in [1.165, 1.54) is 19.3 Å². The molecule has 4 heteroatoms. The topological polar surface area (TPSA) is 41.6 Å². The minimum Gasteiger partial charge on any atom is -0.369 e. The Balaban J connectivity index is 2.00. The number of nitrogens with two attached hydrogens (primary N) is 1. The molecule has 3 nitrogen and oxygen atoms in total. The molecule has 1 aromatic rings. The van der Waals surface area contributed by atoms with Crippen molar-refractivity contribution in [2.24, 2.45) is 22.6 Å². The molecule has 1 aliphatic heterocycles. The molecule has 1 fully saturated rings. The Morgan fingerprint density at radius 2 is 2.20 bits per heavy atom. The fourth-order valence-electron chi connectivity index (χ4n) is 3.84. The first kappa shape index (κ1) is 13.9. The van der Waals surface area contributed by atoms with Gasteiger partial charge in [0.25, 0.3) is 0 Å². The lowest BCUT2D eigenvalue weighted by atomic mass is 9.69. The highest BCUT2D eigenvalue weighted by Crippen LogP contribution is 2.45. The van der Waals surface area contributed by atoms with Gasteiger partial charge < -0.3 is 10.6 Å². The van der Waals surface area contributed by atoms with E-state index in [1.54, 1.807) is 0 Å². The quantitative estimate of drug-likeness (QED) is 0.848. The zero-order valence-corrected chi connectivity index (χ0v) is 13.7. The maximum absolute atomic E-state index is 6.22. The van der Waals surface area contributed by atoms with Crippen LogP contribution < -0.4 is 10.6 Å². The van der Waals surface area contributed by atoms with Crippen LogP contribution in [0.4, 0.5) is 5.69 Å². The van der Waals surface area contributed by atoms with Gasteiger partial charge in [0, 0.05) is 10.2 Å². The van der Waals surface area contributed by atoms with E-state index in [9.17, 15) is 0 Å². The highest BCUT2D eigenvalue weighted by atomic mass is 79.9. The van der Waals surface area contributed by atoms with Crippen LogP contribution in [0.5, 0.6) is 0 Å². The minimum atomic E-state index is 0.0807. The molecule has 0 radical (unpaired) electrons. The molecule has 1 aromatic carbocycles. The van der Waals surface area contributed by atoms with Gasteiger partial charge in [-0.25, -0.2) is 0 Å². The standard InChI is InChI=1S/C16H22BrN3/c1-11-6-7-16(12(2)8-11)10-19-15(18)20(16)14-5-3-4-13(17)9-14/h3-5,9,11-12H,6-8,10H2,1-2H3,(H2,18,19). The predicted molar refractivity (Wildman–Crippen MR) is 88.0 cm³/mol. The van der Waals surface area contributed by atoms with Gasteiger partial charge in [-0.15, -0.1) is 0 Å². The van der Waals surface area contributed by atoms with Gasteiger partial charge in [-0.05, 0) is 49.3 Å². The Morgan fingerprint density at radius 1 is 1.40 bits per heavy atom. The van der Waals surface area contributed by atoms with Crippen LogP contribution in [-0.4, -0.2) is 18.0 Å². The van der Waals surface area contributed by atoms with E-state index in [0.717, 1.165) is 22.6 Å². The maximum atomic E-state index is 6.22. The minimum absolute atomic E-state index is 0.0807. The summed E-state index contributed by atoms with van der Waals surface area (Å²) in [7, 11) is 0. The van der Waals surface area contributed by atoms with Gasteiger partial charge in [-0.3, -0.25) is 4.99 Å². The van der Waals surface area contributed by atoms with E-state index in [1.807, 2.05) is 6.07 Å². The van der Waals surface area contributed by atoms with Crippen LogP contribution in [0.25, 0.3) is 0 Å². The highest BCUT2D eigenvalue weighted by molar-refractivity contribution is 9.10. The molecule has 3 atom stereocenters. The van der Waals surface area contributed by atoms with Crippen LogP contribution in [-0.2, 0) is 0 Å². The number of nitrogens with zero attached hydrogens (tertiary/aromatic N) is 2. The molecule has 3 unspecified atom stereocenters. The van der Waals surface area contributed by atoms with E-state index >= 15 is 0 Å². The van der Waals surface area contributed by atoms with Crippen molar-refractivity contribution in [2.75, 3.05) is 11.4 Å². The largest absolute Gasteiger partial charge is 0.369 e. The van der Waals surface area contributed by atoms with Crippen molar-refractivity contribution in [3.63, 3.8) is 0 Å². The summed E-state index contributed by atoms with van der Waals surface area (Å²) in [4.78, 5) is 6.87. The summed E-state index contributed by atoms with van der Waals surface area (Å²) in [5, 5.41) is 0. The molecule has 1 aliphatic carbocycles. The van der Waals surface area contributed by atoms with Gasteiger partial charge in [-0.1, -0.05) is 35.8 Å².